The van der Waals surface area contributed by atoms with Gasteiger partial charge in [-0.25, -0.2) is 0 Å². The smallest absolute Gasteiger partial charge is 0.260 e. The van der Waals surface area contributed by atoms with E-state index >= 15 is 0 Å². The first kappa shape index (κ1) is 15.1. The van der Waals surface area contributed by atoms with Crippen LogP contribution in [0.4, 0.5) is 5.69 Å². The topological polar surface area (TPSA) is 64.9 Å². The lowest BCUT2D eigenvalue weighted by atomic mass is 10.0. The highest BCUT2D eigenvalue weighted by Gasteiger charge is 2.16. The van der Waals surface area contributed by atoms with Crippen LogP contribution in [0, 0.1) is 3.57 Å². The molecule has 1 saturated carbocycles. The van der Waals surface area contributed by atoms with Gasteiger partial charge in [0.1, 0.15) is 0 Å². The number of nitrogen functional groups attached to an aromatic ring is 1. The molecular weight excluding hydrogens is 397 g/mol. The van der Waals surface area contributed by atoms with Crippen LogP contribution >= 0.6 is 34.4 Å². The number of hydrogen-bond donors (Lipinski definition) is 1. The summed E-state index contributed by atoms with van der Waals surface area (Å²) in [5, 5.41) is 4.84. The van der Waals surface area contributed by atoms with E-state index in [0.29, 0.717) is 11.6 Å². The predicted octanol–water partition coefficient (Wildman–Crippen LogP) is 4.49. The van der Waals surface area contributed by atoms with E-state index in [0.717, 1.165) is 26.0 Å². The van der Waals surface area contributed by atoms with Crippen molar-refractivity contribution >= 4 is 40.0 Å². The number of nitrogens with zero attached hydrogens (tertiary/aromatic N) is 2. The van der Waals surface area contributed by atoms with Crippen LogP contribution < -0.4 is 5.73 Å². The molecule has 2 N–H and O–H groups in total. The lowest BCUT2D eigenvalue weighted by Gasteiger charge is -2.19. The Labute approximate surface area is 142 Å². The van der Waals surface area contributed by atoms with Gasteiger partial charge in [-0.1, -0.05) is 24.4 Å². The second kappa shape index (κ2) is 7.00. The third-order valence-electron chi connectivity index (χ3n) is 3.71. The largest absolute Gasteiger partial charge is 0.398 e. The molecule has 0 bridgehead atoms. The van der Waals surface area contributed by atoms with Crippen molar-refractivity contribution in [2.45, 2.75) is 43.1 Å². The lowest BCUT2D eigenvalue weighted by Crippen LogP contribution is -2.08. The number of halogens is 1. The van der Waals surface area contributed by atoms with Crippen molar-refractivity contribution in [1.29, 1.82) is 0 Å². The van der Waals surface area contributed by atoms with E-state index < -0.39 is 0 Å². The molecule has 4 nitrogen and oxygen atoms in total. The normalized spacial score (nSPS) is 16.2. The first-order valence-corrected chi connectivity index (χ1v) is 9.35. The molecule has 0 amide bonds. The van der Waals surface area contributed by atoms with Crippen molar-refractivity contribution in [3.8, 4) is 11.5 Å². The Balaban J connectivity index is 1.66. The molecule has 0 atom stereocenters. The Morgan fingerprint density at radius 1 is 1.29 bits per heavy atom. The van der Waals surface area contributed by atoms with Gasteiger partial charge in [-0.3, -0.25) is 0 Å². The Morgan fingerprint density at radius 2 is 2.10 bits per heavy atom. The summed E-state index contributed by atoms with van der Waals surface area (Å²) in [4.78, 5) is 4.48. The first-order chi connectivity index (χ1) is 10.2. The number of nitrogens with two attached hydrogens (primary N) is 1. The molecule has 1 aliphatic carbocycles. The van der Waals surface area contributed by atoms with Crippen LogP contribution in [-0.4, -0.2) is 15.4 Å². The van der Waals surface area contributed by atoms with Gasteiger partial charge in [-0.05, 0) is 53.6 Å². The molecule has 6 heteroatoms. The molecule has 3 rings (SSSR count). The van der Waals surface area contributed by atoms with E-state index in [2.05, 4.69) is 32.7 Å². The number of anilines is 1. The third-order valence-corrected chi connectivity index (χ3v) is 5.75. The average molecular weight is 415 g/mol. The summed E-state index contributed by atoms with van der Waals surface area (Å²) in [6, 6.07) is 5.81. The third kappa shape index (κ3) is 3.91. The van der Waals surface area contributed by atoms with Crippen molar-refractivity contribution in [3.05, 3.63) is 27.6 Å². The Kier molecular flexibility index (Phi) is 5.05. The summed E-state index contributed by atoms with van der Waals surface area (Å²) in [5.74, 6) is 2.10. The van der Waals surface area contributed by atoms with Crippen LogP contribution in [0.15, 0.2) is 22.7 Å². The number of aromatic nitrogens is 2. The highest BCUT2D eigenvalue weighted by molar-refractivity contribution is 14.1. The fraction of sp³-hybridized carbons (Fsp3) is 0.467. The zero-order chi connectivity index (χ0) is 14.7. The number of hydrogen-bond acceptors (Lipinski definition) is 5. The van der Waals surface area contributed by atoms with Gasteiger partial charge >= 0.3 is 0 Å². The van der Waals surface area contributed by atoms with E-state index in [4.69, 9.17) is 10.3 Å². The molecule has 0 aliphatic heterocycles. The fourth-order valence-corrected chi connectivity index (χ4v) is 4.22. The summed E-state index contributed by atoms with van der Waals surface area (Å²) >= 11 is 4.20. The van der Waals surface area contributed by atoms with Gasteiger partial charge in [-0.2, -0.15) is 16.7 Å². The van der Waals surface area contributed by atoms with Gasteiger partial charge in [0.15, 0.2) is 5.82 Å². The minimum absolute atomic E-state index is 0.519. The quantitative estimate of drug-likeness (QED) is 0.589. The minimum atomic E-state index is 0.519. The minimum Gasteiger partial charge on any atom is -0.398 e. The highest BCUT2D eigenvalue weighted by Crippen LogP contribution is 2.31. The molecule has 0 spiro atoms. The monoisotopic (exact) mass is 415 g/mol. The predicted molar refractivity (Wildman–Crippen MR) is 95.0 cm³/mol. The Hall–Kier alpha value is -0.760. The molecular formula is C15H18IN3OS. The maximum atomic E-state index is 5.99. The molecule has 112 valence electrons. The molecule has 1 aliphatic rings. The van der Waals surface area contributed by atoms with Crippen LogP contribution in [0.25, 0.3) is 11.5 Å². The molecule has 1 heterocycles. The molecule has 1 aromatic heterocycles. The molecule has 2 aromatic rings. The molecule has 1 aromatic carbocycles. The van der Waals surface area contributed by atoms with Gasteiger partial charge in [0, 0.05) is 14.5 Å². The van der Waals surface area contributed by atoms with Crippen molar-refractivity contribution in [1.82, 2.24) is 10.1 Å². The van der Waals surface area contributed by atoms with Crippen molar-refractivity contribution in [2.24, 2.45) is 0 Å². The summed E-state index contributed by atoms with van der Waals surface area (Å²) < 4.78 is 6.47. The lowest BCUT2D eigenvalue weighted by molar-refractivity contribution is 0.425. The number of benzene rings is 1. The summed E-state index contributed by atoms with van der Waals surface area (Å²) in [6.07, 6.45) is 6.73. The zero-order valence-corrected chi connectivity index (χ0v) is 14.7. The summed E-state index contributed by atoms with van der Waals surface area (Å²) in [6.45, 7) is 0. The van der Waals surface area contributed by atoms with Gasteiger partial charge in [0.25, 0.3) is 5.89 Å². The van der Waals surface area contributed by atoms with E-state index in [1.165, 1.54) is 32.1 Å². The summed E-state index contributed by atoms with van der Waals surface area (Å²) in [7, 11) is 0. The number of rotatable bonds is 4. The Bertz CT molecular complexity index is 611. The Morgan fingerprint density at radius 3 is 2.90 bits per heavy atom. The highest BCUT2D eigenvalue weighted by atomic mass is 127. The van der Waals surface area contributed by atoms with Crippen LogP contribution in [0.3, 0.4) is 0 Å². The first-order valence-electron chi connectivity index (χ1n) is 7.22. The molecule has 1 fully saturated rings. The van der Waals surface area contributed by atoms with E-state index in [1.54, 1.807) is 0 Å². The van der Waals surface area contributed by atoms with Crippen LogP contribution in [0.5, 0.6) is 0 Å². The van der Waals surface area contributed by atoms with E-state index in [9.17, 15) is 0 Å². The maximum Gasteiger partial charge on any atom is 0.260 e. The van der Waals surface area contributed by atoms with Crippen molar-refractivity contribution in [3.63, 3.8) is 0 Å². The fourth-order valence-electron chi connectivity index (χ4n) is 2.56. The second-order valence-electron chi connectivity index (χ2n) is 5.32. The van der Waals surface area contributed by atoms with Crippen molar-refractivity contribution < 1.29 is 4.52 Å². The summed E-state index contributed by atoms with van der Waals surface area (Å²) in [5.41, 5.74) is 7.48. The standard InChI is InChI=1S/C15H18IN3OS/c16-10-6-7-13(17)12(8-10)15-18-14(19-20-15)9-21-11-4-2-1-3-5-11/h6-8,11H,1-5,9,17H2. The van der Waals surface area contributed by atoms with Crippen LogP contribution in [0.1, 0.15) is 37.9 Å². The number of thioether (sulfide) groups is 1. The molecule has 0 unspecified atom stereocenters. The van der Waals surface area contributed by atoms with E-state index in [1.807, 2.05) is 30.0 Å². The van der Waals surface area contributed by atoms with Gasteiger partial charge in [0.05, 0.1) is 11.3 Å². The average Bonchev–Trinajstić information content (AvgIpc) is 2.97. The van der Waals surface area contributed by atoms with E-state index in [-0.39, 0.29) is 0 Å². The molecule has 0 radical (unpaired) electrons. The van der Waals surface area contributed by atoms with Crippen LogP contribution in [-0.2, 0) is 5.75 Å². The van der Waals surface area contributed by atoms with Gasteiger partial charge in [-0.15, -0.1) is 0 Å². The second-order valence-corrected chi connectivity index (χ2v) is 7.85. The zero-order valence-electron chi connectivity index (χ0n) is 11.7. The van der Waals surface area contributed by atoms with Crippen LogP contribution in [0.2, 0.25) is 0 Å². The SMILES string of the molecule is Nc1ccc(I)cc1-c1nc(CSC2CCCCC2)no1. The van der Waals surface area contributed by atoms with Gasteiger partial charge < -0.3 is 10.3 Å². The maximum absolute atomic E-state index is 5.99. The molecule has 0 saturated heterocycles. The van der Waals surface area contributed by atoms with Gasteiger partial charge in [0.2, 0.25) is 0 Å². The molecule has 21 heavy (non-hydrogen) atoms. The van der Waals surface area contributed by atoms with Crippen molar-refractivity contribution in [2.75, 3.05) is 5.73 Å².